The standard InChI is InChI=1S/C14H18F2N4O2/c1-21-12-3-2-9-14(19-12)18-11(17-9)8-20-5-4-10(13(15)16)22-7-6-20/h2-3,10,13H,4-8H2,1H3,(H,17,18,19). The van der Waals surface area contributed by atoms with Gasteiger partial charge in [-0.15, -0.1) is 0 Å². The van der Waals surface area contributed by atoms with Gasteiger partial charge in [0.25, 0.3) is 6.43 Å². The summed E-state index contributed by atoms with van der Waals surface area (Å²) in [6.45, 7) is 2.03. The number of imidazole rings is 1. The average molecular weight is 312 g/mol. The Kier molecular flexibility index (Phi) is 4.49. The van der Waals surface area contributed by atoms with E-state index in [1.165, 1.54) is 0 Å². The number of nitrogens with zero attached hydrogens (tertiary/aromatic N) is 3. The summed E-state index contributed by atoms with van der Waals surface area (Å²) in [7, 11) is 1.55. The predicted octanol–water partition coefficient (Wildman–Crippen LogP) is 1.82. The first-order chi connectivity index (χ1) is 10.7. The minimum atomic E-state index is -2.43. The third-order valence-electron chi connectivity index (χ3n) is 3.70. The quantitative estimate of drug-likeness (QED) is 0.933. The van der Waals surface area contributed by atoms with E-state index in [2.05, 4.69) is 19.9 Å². The van der Waals surface area contributed by atoms with Crippen LogP contribution >= 0.6 is 0 Å². The first kappa shape index (κ1) is 15.1. The zero-order valence-corrected chi connectivity index (χ0v) is 12.3. The maximum absolute atomic E-state index is 12.7. The molecular weight excluding hydrogens is 294 g/mol. The summed E-state index contributed by atoms with van der Waals surface area (Å²) in [6, 6.07) is 3.62. The van der Waals surface area contributed by atoms with Crippen molar-refractivity contribution in [3.8, 4) is 5.88 Å². The molecule has 0 saturated carbocycles. The van der Waals surface area contributed by atoms with E-state index in [1.807, 2.05) is 6.07 Å². The largest absolute Gasteiger partial charge is 0.481 e. The van der Waals surface area contributed by atoms with E-state index in [9.17, 15) is 8.78 Å². The fraction of sp³-hybridized carbons (Fsp3) is 0.571. The second-order valence-electron chi connectivity index (χ2n) is 5.22. The van der Waals surface area contributed by atoms with Gasteiger partial charge < -0.3 is 14.5 Å². The molecule has 1 atom stereocenters. The Bertz CT molecular complexity index is 634. The molecule has 1 fully saturated rings. The Labute approximate surface area is 126 Å². The summed E-state index contributed by atoms with van der Waals surface area (Å²) in [5.41, 5.74) is 1.42. The molecule has 120 valence electrons. The number of ether oxygens (including phenoxy) is 2. The summed E-state index contributed by atoms with van der Waals surface area (Å²) < 4.78 is 35.6. The van der Waals surface area contributed by atoms with Crippen molar-refractivity contribution in [1.29, 1.82) is 0 Å². The maximum atomic E-state index is 12.7. The van der Waals surface area contributed by atoms with Crippen LogP contribution in [0, 0.1) is 0 Å². The van der Waals surface area contributed by atoms with Crippen molar-refractivity contribution in [1.82, 2.24) is 19.9 Å². The number of hydrogen-bond donors (Lipinski definition) is 1. The summed E-state index contributed by atoms with van der Waals surface area (Å²) in [6.07, 6.45) is -3.07. The highest BCUT2D eigenvalue weighted by Crippen LogP contribution is 2.17. The number of aromatic amines is 1. The molecule has 1 N–H and O–H groups in total. The number of fused-ring (bicyclic) bond motifs is 1. The lowest BCUT2D eigenvalue weighted by atomic mass is 10.2. The van der Waals surface area contributed by atoms with Gasteiger partial charge in [-0.2, -0.15) is 4.98 Å². The minimum Gasteiger partial charge on any atom is -0.481 e. The number of halogens is 2. The molecule has 0 aromatic carbocycles. The van der Waals surface area contributed by atoms with Gasteiger partial charge in [0.1, 0.15) is 11.9 Å². The highest BCUT2D eigenvalue weighted by molar-refractivity contribution is 5.71. The molecule has 1 unspecified atom stereocenters. The van der Waals surface area contributed by atoms with Crippen LogP contribution in [0.15, 0.2) is 12.1 Å². The third kappa shape index (κ3) is 3.33. The van der Waals surface area contributed by atoms with E-state index in [1.54, 1.807) is 13.2 Å². The normalized spacial score (nSPS) is 20.5. The van der Waals surface area contributed by atoms with E-state index in [4.69, 9.17) is 9.47 Å². The van der Waals surface area contributed by atoms with Crippen LogP contribution in [0.1, 0.15) is 12.2 Å². The van der Waals surface area contributed by atoms with Crippen LogP contribution in [-0.4, -0.2) is 59.2 Å². The number of aromatic nitrogens is 3. The van der Waals surface area contributed by atoms with E-state index in [-0.39, 0.29) is 0 Å². The van der Waals surface area contributed by atoms with Crippen molar-refractivity contribution in [3.05, 3.63) is 18.0 Å². The molecule has 3 rings (SSSR count). The Morgan fingerprint density at radius 3 is 3.05 bits per heavy atom. The van der Waals surface area contributed by atoms with Gasteiger partial charge in [0.2, 0.25) is 5.88 Å². The average Bonchev–Trinajstić information content (AvgIpc) is 2.75. The Hall–Kier alpha value is -1.80. The number of H-pyrrole nitrogens is 1. The molecule has 1 aliphatic rings. The molecule has 2 aromatic rings. The number of methoxy groups -OCH3 is 1. The molecule has 0 bridgehead atoms. The lowest BCUT2D eigenvalue weighted by Crippen LogP contribution is -2.26. The number of hydrogen-bond acceptors (Lipinski definition) is 5. The van der Waals surface area contributed by atoms with Crippen molar-refractivity contribution < 1.29 is 18.3 Å². The van der Waals surface area contributed by atoms with Crippen LogP contribution in [0.5, 0.6) is 5.88 Å². The zero-order chi connectivity index (χ0) is 15.5. The first-order valence-electron chi connectivity index (χ1n) is 7.17. The first-order valence-corrected chi connectivity index (χ1v) is 7.17. The number of pyridine rings is 1. The van der Waals surface area contributed by atoms with Gasteiger partial charge in [0, 0.05) is 19.2 Å². The number of alkyl halides is 2. The van der Waals surface area contributed by atoms with Crippen molar-refractivity contribution in [3.63, 3.8) is 0 Å². The SMILES string of the molecule is COc1ccc2[nH]c(CN3CCOC(C(F)F)CC3)nc2n1. The highest BCUT2D eigenvalue weighted by atomic mass is 19.3. The second-order valence-corrected chi connectivity index (χ2v) is 5.22. The summed E-state index contributed by atoms with van der Waals surface area (Å²) >= 11 is 0. The molecule has 3 heterocycles. The van der Waals surface area contributed by atoms with Crippen LogP contribution in [0.4, 0.5) is 8.78 Å². The maximum Gasteiger partial charge on any atom is 0.264 e. The zero-order valence-electron chi connectivity index (χ0n) is 12.3. The fourth-order valence-corrected chi connectivity index (χ4v) is 2.52. The van der Waals surface area contributed by atoms with Crippen molar-refractivity contribution in [2.45, 2.75) is 25.5 Å². The molecular formula is C14H18F2N4O2. The van der Waals surface area contributed by atoms with E-state index in [0.29, 0.717) is 44.2 Å². The van der Waals surface area contributed by atoms with Crippen molar-refractivity contribution in [2.24, 2.45) is 0 Å². The molecule has 2 aromatic heterocycles. The summed E-state index contributed by atoms with van der Waals surface area (Å²) in [5, 5.41) is 0. The molecule has 0 radical (unpaired) electrons. The molecule has 0 spiro atoms. The van der Waals surface area contributed by atoms with Crippen LogP contribution in [-0.2, 0) is 11.3 Å². The summed E-state index contributed by atoms with van der Waals surface area (Å²) in [4.78, 5) is 13.9. The van der Waals surface area contributed by atoms with Crippen LogP contribution in [0.3, 0.4) is 0 Å². The lowest BCUT2D eigenvalue weighted by Gasteiger charge is -2.17. The molecule has 0 amide bonds. The molecule has 6 nitrogen and oxygen atoms in total. The van der Waals surface area contributed by atoms with Gasteiger partial charge in [-0.05, 0) is 12.5 Å². The monoisotopic (exact) mass is 312 g/mol. The molecule has 1 saturated heterocycles. The lowest BCUT2D eigenvalue weighted by molar-refractivity contribution is -0.0496. The van der Waals surface area contributed by atoms with Crippen LogP contribution in [0.25, 0.3) is 11.2 Å². The van der Waals surface area contributed by atoms with Gasteiger partial charge in [-0.3, -0.25) is 4.90 Å². The smallest absolute Gasteiger partial charge is 0.264 e. The van der Waals surface area contributed by atoms with E-state index in [0.717, 1.165) is 11.3 Å². The fourth-order valence-electron chi connectivity index (χ4n) is 2.52. The Morgan fingerprint density at radius 2 is 2.27 bits per heavy atom. The molecule has 22 heavy (non-hydrogen) atoms. The number of nitrogens with one attached hydrogen (secondary N) is 1. The minimum absolute atomic E-state index is 0.307. The van der Waals surface area contributed by atoms with E-state index >= 15 is 0 Å². The second kappa shape index (κ2) is 6.53. The van der Waals surface area contributed by atoms with Crippen molar-refractivity contribution in [2.75, 3.05) is 26.8 Å². The molecule has 1 aliphatic heterocycles. The Morgan fingerprint density at radius 1 is 1.41 bits per heavy atom. The highest BCUT2D eigenvalue weighted by Gasteiger charge is 2.25. The van der Waals surface area contributed by atoms with Gasteiger partial charge in [-0.1, -0.05) is 0 Å². The molecule has 8 heteroatoms. The number of rotatable bonds is 4. The van der Waals surface area contributed by atoms with Gasteiger partial charge in [0.05, 0.1) is 25.8 Å². The topological polar surface area (TPSA) is 63.3 Å². The molecule has 0 aliphatic carbocycles. The van der Waals surface area contributed by atoms with Crippen LogP contribution < -0.4 is 4.74 Å². The summed E-state index contributed by atoms with van der Waals surface area (Å²) in [5.74, 6) is 1.26. The third-order valence-corrected chi connectivity index (χ3v) is 3.70. The van der Waals surface area contributed by atoms with Crippen molar-refractivity contribution >= 4 is 11.2 Å². The van der Waals surface area contributed by atoms with Crippen LogP contribution in [0.2, 0.25) is 0 Å². The van der Waals surface area contributed by atoms with Gasteiger partial charge in [-0.25, -0.2) is 13.8 Å². The van der Waals surface area contributed by atoms with Gasteiger partial charge >= 0.3 is 0 Å². The predicted molar refractivity (Wildman–Crippen MR) is 76.1 cm³/mol. The van der Waals surface area contributed by atoms with E-state index < -0.39 is 12.5 Å². The van der Waals surface area contributed by atoms with Gasteiger partial charge in [0.15, 0.2) is 5.65 Å². The Balaban J connectivity index is 1.67.